The van der Waals surface area contributed by atoms with Crippen LogP contribution in [-0.2, 0) is 20.1 Å². The minimum Gasteiger partial charge on any atom is -0.508 e. The summed E-state index contributed by atoms with van der Waals surface area (Å²) in [5.41, 5.74) is 0.406. The van der Waals surface area contributed by atoms with Gasteiger partial charge < -0.3 is 19.7 Å². The lowest BCUT2D eigenvalue weighted by Crippen LogP contribution is -2.43. The first-order valence-corrected chi connectivity index (χ1v) is 7.09. The minimum atomic E-state index is -1.64. The zero-order valence-electron chi connectivity index (χ0n) is 12.8. The molecule has 6 nitrogen and oxygen atoms in total. The van der Waals surface area contributed by atoms with Gasteiger partial charge in [0.05, 0.1) is 11.7 Å². The lowest BCUT2D eigenvalue weighted by Gasteiger charge is -2.31. The third-order valence-electron chi connectivity index (χ3n) is 4.90. The van der Waals surface area contributed by atoms with Crippen LogP contribution in [0.5, 0.6) is 5.75 Å². The maximum absolute atomic E-state index is 12.2. The van der Waals surface area contributed by atoms with Crippen molar-refractivity contribution in [3.05, 3.63) is 28.8 Å². The predicted molar refractivity (Wildman–Crippen MR) is 75.4 cm³/mol. The quantitative estimate of drug-likeness (QED) is 0.772. The first-order chi connectivity index (χ1) is 10.1. The molecule has 2 N–H and O–H groups in total. The minimum absolute atomic E-state index is 0.0672. The van der Waals surface area contributed by atoms with E-state index in [9.17, 15) is 19.8 Å². The molecule has 0 saturated carbocycles. The Bertz CT molecular complexity index is 692. The van der Waals surface area contributed by atoms with Crippen LogP contribution < -0.4 is 0 Å². The summed E-state index contributed by atoms with van der Waals surface area (Å²) in [6.45, 7) is 7.03. The number of carboxylic acids is 1. The smallest absolute Gasteiger partial charge is 0.341 e. The number of carboxylic acid groups (broad SMARTS) is 1. The van der Waals surface area contributed by atoms with Gasteiger partial charge in [0, 0.05) is 11.0 Å². The van der Waals surface area contributed by atoms with Gasteiger partial charge in [-0.05, 0) is 31.5 Å². The van der Waals surface area contributed by atoms with Gasteiger partial charge in [0.2, 0.25) is 0 Å². The molecule has 1 saturated heterocycles. The van der Waals surface area contributed by atoms with Crippen molar-refractivity contribution in [2.75, 3.05) is 0 Å². The highest BCUT2D eigenvalue weighted by Crippen LogP contribution is 2.58. The van der Waals surface area contributed by atoms with Crippen LogP contribution in [0, 0.1) is 18.3 Å². The number of rotatable bonds is 1. The van der Waals surface area contributed by atoms with Crippen molar-refractivity contribution in [1.29, 1.82) is 0 Å². The van der Waals surface area contributed by atoms with E-state index >= 15 is 0 Å². The fourth-order valence-electron chi connectivity index (χ4n) is 3.61. The molecule has 3 rings (SSSR count). The zero-order valence-corrected chi connectivity index (χ0v) is 12.8. The van der Waals surface area contributed by atoms with Gasteiger partial charge in [0.15, 0.2) is 0 Å². The molecule has 22 heavy (non-hydrogen) atoms. The molecule has 3 atom stereocenters. The van der Waals surface area contributed by atoms with Crippen molar-refractivity contribution >= 4 is 11.9 Å². The summed E-state index contributed by atoms with van der Waals surface area (Å²) >= 11 is 0. The van der Waals surface area contributed by atoms with Crippen LogP contribution in [0.15, 0.2) is 12.1 Å². The van der Waals surface area contributed by atoms with E-state index in [1.54, 1.807) is 27.7 Å². The summed E-state index contributed by atoms with van der Waals surface area (Å²) in [7, 11) is 0. The summed E-state index contributed by atoms with van der Waals surface area (Å²) in [5, 5.41) is 19.4. The molecule has 2 aliphatic heterocycles. The number of phenolic OH excluding ortho intramolecular Hbond substituents is 1. The Morgan fingerprint density at radius 2 is 1.95 bits per heavy atom. The van der Waals surface area contributed by atoms with E-state index in [-0.39, 0.29) is 11.3 Å². The van der Waals surface area contributed by atoms with Crippen molar-refractivity contribution < 1.29 is 29.3 Å². The molecular weight excluding hydrogens is 288 g/mol. The van der Waals surface area contributed by atoms with Gasteiger partial charge in [0.25, 0.3) is 5.79 Å². The number of benzene rings is 1. The first-order valence-electron chi connectivity index (χ1n) is 7.09. The van der Waals surface area contributed by atoms with Crippen molar-refractivity contribution in [2.24, 2.45) is 11.3 Å². The van der Waals surface area contributed by atoms with E-state index < -0.39 is 35.2 Å². The van der Waals surface area contributed by atoms with Crippen LogP contribution in [0.1, 0.15) is 42.3 Å². The molecule has 0 amide bonds. The highest BCUT2D eigenvalue weighted by molar-refractivity contribution is 5.96. The van der Waals surface area contributed by atoms with E-state index in [0.29, 0.717) is 11.1 Å². The first kappa shape index (κ1) is 14.8. The van der Waals surface area contributed by atoms with Crippen molar-refractivity contribution in [3.63, 3.8) is 0 Å². The molecule has 0 bridgehead atoms. The van der Waals surface area contributed by atoms with E-state index in [0.717, 1.165) is 0 Å². The van der Waals surface area contributed by atoms with Crippen LogP contribution >= 0.6 is 0 Å². The Kier molecular flexibility index (Phi) is 2.85. The summed E-state index contributed by atoms with van der Waals surface area (Å²) in [6.07, 6.45) is -0.416. The van der Waals surface area contributed by atoms with E-state index in [1.165, 1.54) is 12.1 Å². The number of aryl methyl sites for hydroxylation is 1. The van der Waals surface area contributed by atoms with Crippen molar-refractivity contribution in [3.8, 4) is 5.75 Å². The van der Waals surface area contributed by atoms with Gasteiger partial charge >= 0.3 is 11.9 Å². The molecule has 6 heteroatoms. The second-order valence-electron chi connectivity index (χ2n) is 6.59. The normalized spacial score (nSPS) is 32.1. The highest BCUT2D eigenvalue weighted by atomic mass is 16.7. The van der Waals surface area contributed by atoms with Gasteiger partial charge in [-0.3, -0.25) is 4.79 Å². The molecule has 118 valence electrons. The standard InChI is InChI=1S/C16H18O6/c1-7-5-9(17)6-10-11(7)16(22-14(10)20)12(13(18)19)15(3,4)8(2)21-16/h5-6,8,12,17H,1-4H3,(H,18,19)/t8-,12+,16+/m1/s1. The number of phenols is 1. The Balaban J connectivity index is 2.30. The maximum atomic E-state index is 12.2. The third kappa shape index (κ3) is 1.64. The summed E-state index contributed by atoms with van der Waals surface area (Å²) in [5.74, 6) is -4.50. The largest absolute Gasteiger partial charge is 0.508 e. The van der Waals surface area contributed by atoms with Gasteiger partial charge in [0.1, 0.15) is 11.7 Å². The van der Waals surface area contributed by atoms with Crippen LogP contribution in [0.2, 0.25) is 0 Å². The third-order valence-corrected chi connectivity index (χ3v) is 4.90. The molecule has 1 spiro atoms. The second kappa shape index (κ2) is 4.23. The second-order valence-corrected chi connectivity index (χ2v) is 6.59. The van der Waals surface area contributed by atoms with Crippen LogP contribution in [0.3, 0.4) is 0 Å². The van der Waals surface area contributed by atoms with Crippen LogP contribution in [0.25, 0.3) is 0 Å². The number of ether oxygens (including phenoxy) is 2. The molecule has 1 aromatic rings. The Hall–Kier alpha value is -2.08. The van der Waals surface area contributed by atoms with Crippen LogP contribution in [0.4, 0.5) is 0 Å². The predicted octanol–water partition coefficient (Wildman–Crippen LogP) is 2.17. The summed E-state index contributed by atoms with van der Waals surface area (Å²) in [4.78, 5) is 24.1. The molecule has 1 aromatic carbocycles. The summed E-state index contributed by atoms with van der Waals surface area (Å²) in [6, 6.07) is 2.76. The molecule has 2 heterocycles. The number of carbonyl (C=O) groups excluding carboxylic acids is 1. The lowest BCUT2D eigenvalue weighted by molar-refractivity contribution is -0.215. The van der Waals surface area contributed by atoms with E-state index in [2.05, 4.69) is 0 Å². The lowest BCUT2D eigenvalue weighted by atomic mass is 9.71. The number of carbonyl (C=O) groups is 2. The zero-order chi connectivity index (χ0) is 16.4. The molecule has 1 fully saturated rings. The average molecular weight is 306 g/mol. The number of hydrogen-bond donors (Lipinski definition) is 2. The molecule has 2 aliphatic rings. The number of hydrogen-bond acceptors (Lipinski definition) is 5. The SMILES string of the molecule is Cc1cc(O)cc2c1[C@@]1(OC2=O)O[C@H](C)C(C)(C)[C@@H]1C(=O)O. The molecular formula is C16H18O6. The number of aromatic hydroxyl groups is 1. The molecule has 0 aliphatic carbocycles. The molecule has 0 unspecified atom stereocenters. The van der Waals surface area contributed by atoms with Gasteiger partial charge in [-0.25, -0.2) is 4.79 Å². The molecule has 0 radical (unpaired) electrons. The topological polar surface area (TPSA) is 93.1 Å². The van der Waals surface area contributed by atoms with E-state index in [4.69, 9.17) is 9.47 Å². The Morgan fingerprint density at radius 3 is 2.55 bits per heavy atom. The van der Waals surface area contributed by atoms with E-state index in [1.807, 2.05) is 0 Å². The fraction of sp³-hybridized carbons (Fsp3) is 0.500. The molecule has 0 aromatic heterocycles. The van der Waals surface area contributed by atoms with Gasteiger partial charge in [-0.15, -0.1) is 0 Å². The van der Waals surface area contributed by atoms with Crippen molar-refractivity contribution in [2.45, 2.75) is 39.6 Å². The van der Waals surface area contributed by atoms with Gasteiger partial charge in [-0.2, -0.15) is 0 Å². The van der Waals surface area contributed by atoms with Crippen LogP contribution in [-0.4, -0.2) is 28.3 Å². The van der Waals surface area contributed by atoms with Gasteiger partial charge in [-0.1, -0.05) is 13.8 Å². The average Bonchev–Trinajstić information content (AvgIpc) is 2.71. The Labute approximate surface area is 127 Å². The monoisotopic (exact) mass is 306 g/mol. The Morgan fingerprint density at radius 1 is 1.32 bits per heavy atom. The number of fused-ring (bicyclic) bond motifs is 2. The maximum Gasteiger partial charge on any atom is 0.341 e. The van der Waals surface area contributed by atoms with Crippen molar-refractivity contribution in [1.82, 2.24) is 0 Å². The number of esters is 1. The highest BCUT2D eigenvalue weighted by Gasteiger charge is 2.68. The number of aliphatic carboxylic acids is 1. The fourth-order valence-corrected chi connectivity index (χ4v) is 3.61. The summed E-state index contributed by atoms with van der Waals surface area (Å²) < 4.78 is 11.4.